The fourth-order valence-corrected chi connectivity index (χ4v) is 15.4. The SMILES string of the molecule is CCOC(C1CCC2C(CC3C4CCC5C(C)(C)C(OC6CN(C7CN(CC(=O)N8CCC8)C7)CCO6)CCC56C(C)C46CCC23C)O1)C(C)(C)O. The molecule has 5 aliphatic carbocycles. The van der Waals surface area contributed by atoms with Gasteiger partial charge in [-0.15, -0.1) is 0 Å². The van der Waals surface area contributed by atoms with Gasteiger partial charge in [0.05, 0.1) is 37.1 Å². The number of likely N-dealkylation sites (tertiary alicyclic amines) is 2. The molecule has 52 heavy (non-hydrogen) atoms. The molecule has 9 nitrogen and oxygen atoms in total. The Hall–Kier alpha value is -0.810. The van der Waals surface area contributed by atoms with E-state index in [0.717, 1.165) is 82.9 Å². The lowest BCUT2D eigenvalue weighted by molar-refractivity contribution is -0.250. The summed E-state index contributed by atoms with van der Waals surface area (Å²) in [4.78, 5) is 19.4. The summed E-state index contributed by atoms with van der Waals surface area (Å²) in [6, 6.07) is 0.504. The van der Waals surface area contributed by atoms with Crippen LogP contribution in [0, 0.1) is 51.2 Å². The Balaban J connectivity index is 0.846. The number of nitrogens with zero attached hydrogens (tertiary/aromatic N) is 3. The first-order valence-electron chi connectivity index (χ1n) is 21.7. The van der Waals surface area contributed by atoms with Crippen molar-refractivity contribution >= 4 is 5.91 Å². The molecule has 0 bridgehead atoms. The molecule has 0 aromatic heterocycles. The number of amides is 1. The van der Waals surface area contributed by atoms with Crippen LogP contribution in [0.5, 0.6) is 0 Å². The Bertz CT molecular complexity index is 1360. The highest BCUT2D eigenvalue weighted by Crippen LogP contribution is 2.89. The standard InChI is InChI=1S/C43H71N3O6/c1-8-49-38(40(5,6)48)32-12-10-30-33(51-32)22-31-29-11-13-34-39(3,4)35(14-15-43(34)27(2)42(29,43)17-16-41(30,31)7)52-37-26-46(20-21-50-37)28-23-44(24-28)25-36(47)45-18-9-19-45/h27-35,37-38,48H,8-26H2,1-7H3. The molecule has 9 heteroatoms. The number of hydrogen-bond acceptors (Lipinski definition) is 8. The number of carbonyl (C=O) groups excluding carboxylic acids is 1. The monoisotopic (exact) mass is 726 g/mol. The third-order valence-electron chi connectivity index (χ3n) is 18.0. The molecule has 1 N–H and O–H groups in total. The molecular formula is C43H71N3O6. The molecule has 13 unspecified atom stereocenters. The third kappa shape index (κ3) is 5.35. The smallest absolute Gasteiger partial charge is 0.236 e. The Labute approximate surface area is 314 Å². The van der Waals surface area contributed by atoms with Gasteiger partial charge in [0, 0.05) is 51.9 Å². The summed E-state index contributed by atoms with van der Waals surface area (Å²) in [7, 11) is 0. The van der Waals surface area contributed by atoms with E-state index >= 15 is 0 Å². The maximum Gasteiger partial charge on any atom is 0.236 e. The number of aliphatic hydroxyl groups is 1. The normalized spacial score (nSPS) is 47.9. The van der Waals surface area contributed by atoms with E-state index in [-0.39, 0.29) is 30.0 Å². The van der Waals surface area contributed by atoms with E-state index in [1.165, 1.54) is 44.9 Å². The summed E-state index contributed by atoms with van der Waals surface area (Å²) >= 11 is 0. The minimum atomic E-state index is -0.910. The number of fused-ring (bicyclic) bond motifs is 4. The van der Waals surface area contributed by atoms with E-state index < -0.39 is 5.60 Å². The van der Waals surface area contributed by atoms with Crippen LogP contribution in [0.4, 0.5) is 0 Å². The van der Waals surface area contributed by atoms with Crippen molar-refractivity contribution in [1.82, 2.24) is 14.7 Å². The lowest BCUT2D eigenvalue weighted by atomic mass is 9.46. The lowest BCUT2D eigenvalue weighted by Crippen LogP contribution is -2.64. The van der Waals surface area contributed by atoms with Crippen molar-refractivity contribution in [2.45, 2.75) is 155 Å². The summed E-state index contributed by atoms with van der Waals surface area (Å²) in [5.74, 6) is 3.95. The zero-order chi connectivity index (χ0) is 36.4. The van der Waals surface area contributed by atoms with Crippen molar-refractivity contribution in [3.05, 3.63) is 0 Å². The van der Waals surface area contributed by atoms with Gasteiger partial charge in [0.2, 0.25) is 5.91 Å². The lowest BCUT2D eigenvalue weighted by Gasteiger charge is -2.60. The van der Waals surface area contributed by atoms with Gasteiger partial charge in [-0.2, -0.15) is 0 Å². The number of rotatable bonds is 9. The summed E-state index contributed by atoms with van der Waals surface area (Å²) in [5.41, 5.74) is 0.484. The van der Waals surface area contributed by atoms with Crippen LogP contribution in [0.3, 0.4) is 0 Å². The number of ether oxygens (including phenoxy) is 4. The molecule has 9 aliphatic rings. The summed E-state index contributed by atoms with van der Waals surface area (Å²) in [6.07, 6.45) is 12.5. The summed E-state index contributed by atoms with van der Waals surface area (Å²) in [6.45, 7) is 23.7. The van der Waals surface area contributed by atoms with E-state index in [4.69, 9.17) is 18.9 Å². The molecule has 4 saturated heterocycles. The van der Waals surface area contributed by atoms with Crippen LogP contribution in [0.25, 0.3) is 0 Å². The first kappa shape index (κ1) is 36.8. The number of hydrogen-bond donors (Lipinski definition) is 1. The Morgan fingerprint density at radius 3 is 2.42 bits per heavy atom. The van der Waals surface area contributed by atoms with Crippen molar-refractivity contribution in [3.63, 3.8) is 0 Å². The van der Waals surface area contributed by atoms with Crippen LogP contribution < -0.4 is 0 Å². The van der Waals surface area contributed by atoms with Crippen LogP contribution in [0.2, 0.25) is 0 Å². The summed E-state index contributed by atoms with van der Waals surface area (Å²) < 4.78 is 26.5. The second kappa shape index (κ2) is 12.9. The first-order valence-corrected chi connectivity index (χ1v) is 21.7. The van der Waals surface area contributed by atoms with Crippen LogP contribution in [-0.2, 0) is 23.7 Å². The number of carbonyl (C=O) groups is 1. The molecule has 5 saturated carbocycles. The minimum absolute atomic E-state index is 0.0220. The maximum atomic E-state index is 12.5. The average molecular weight is 726 g/mol. The van der Waals surface area contributed by atoms with Gasteiger partial charge in [-0.3, -0.25) is 14.6 Å². The van der Waals surface area contributed by atoms with Gasteiger partial charge in [-0.05, 0) is 136 Å². The fraction of sp³-hybridized carbons (Fsp3) is 0.977. The highest BCUT2D eigenvalue weighted by Gasteiger charge is 2.84. The zero-order valence-corrected chi connectivity index (χ0v) is 33.6. The van der Waals surface area contributed by atoms with E-state index in [0.29, 0.717) is 59.3 Å². The van der Waals surface area contributed by atoms with E-state index in [2.05, 4.69) is 37.5 Å². The van der Waals surface area contributed by atoms with Crippen LogP contribution in [0.1, 0.15) is 113 Å². The van der Waals surface area contributed by atoms with Gasteiger partial charge < -0.3 is 29.0 Å². The molecule has 294 valence electrons. The van der Waals surface area contributed by atoms with Gasteiger partial charge >= 0.3 is 0 Å². The molecule has 4 heterocycles. The maximum absolute atomic E-state index is 12.5. The van der Waals surface area contributed by atoms with Crippen molar-refractivity contribution in [2.24, 2.45) is 51.2 Å². The molecule has 2 spiro atoms. The molecule has 0 aromatic carbocycles. The molecule has 13 atom stereocenters. The molecule has 0 radical (unpaired) electrons. The molecular weight excluding hydrogens is 654 g/mol. The molecule has 4 aliphatic heterocycles. The van der Waals surface area contributed by atoms with E-state index in [1.807, 2.05) is 25.7 Å². The average Bonchev–Trinajstić information content (AvgIpc) is 3.43. The first-order chi connectivity index (χ1) is 24.7. The third-order valence-corrected chi connectivity index (χ3v) is 18.0. The summed E-state index contributed by atoms with van der Waals surface area (Å²) in [5, 5.41) is 11.0. The topological polar surface area (TPSA) is 83.9 Å². The van der Waals surface area contributed by atoms with Crippen molar-refractivity contribution in [2.75, 3.05) is 59.0 Å². The highest BCUT2D eigenvalue weighted by molar-refractivity contribution is 5.79. The second-order valence-electron chi connectivity index (χ2n) is 20.7. The van der Waals surface area contributed by atoms with Crippen LogP contribution in [0.15, 0.2) is 0 Å². The van der Waals surface area contributed by atoms with Gasteiger partial charge in [-0.1, -0.05) is 27.7 Å². The fourth-order valence-electron chi connectivity index (χ4n) is 15.4. The molecule has 9 rings (SSSR count). The van der Waals surface area contributed by atoms with Gasteiger partial charge in [0.1, 0.15) is 6.10 Å². The Morgan fingerprint density at radius 2 is 1.71 bits per heavy atom. The highest BCUT2D eigenvalue weighted by atomic mass is 16.7. The van der Waals surface area contributed by atoms with Gasteiger partial charge in [-0.25, -0.2) is 0 Å². The second-order valence-corrected chi connectivity index (χ2v) is 20.7. The molecule has 9 fully saturated rings. The van der Waals surface area contributed by atoms with Gasteiger partial charge in [0.15, 0.2) is 6.29 Å². The van der Waals surface area contributed by atoms with Gasteiger partial charge in [0.25, 0.3) is 0 Å². The largest absolute Gasteiger partial charge is 0.388 e. The van der Waals surface area contributed by atoms with Crippen molar-refractivity contribution in [1.29, 1.82) is 0 Å². The minimum Gasteiger partial charge on any atom is -0.388 e. The van der Waals surface area contributed by atoms with Crippen LogP contribution >= 0.6 is 0 Å². The zero-order valence-electron chi connectivity index (χ0n) is 33.6. The Morgan fingerprint density at radius 1 is 0.942 bits per heavy atom. The van der Waals surface area contributed by atoms with Crippen molar-refractivity contribution in [3.8, 4) is 0 Å². The predicted molar refractivity (Wildman–Crippen MR) is 199 cm³/mol. The molecule has 1 amide bonds. The van der Waals surface area contributed by atoms with E-state index in [9.17, 15) is 9.90 Å². The van der Waals surface area contributed by atoms with Crippen LogP contribution in [-0.4, -0.2) is 127 Å². The Kier molecular flexibility index (Phi) is 9.10. The molecule has 0 aromatic rings. The van der Waals surface area contributed by atoms with Crippen molar-refractivity contribution < 1.29 is 28.8 Å². The number of morpholine rings is 1. The van der Waals surface area contributed by atoms with E-state index in [1.54, 1.807) is 0 Å². The predicted octanol–water partition coefficient (Wildman–Crippen LogP) is 5.57. The quantitative estimate of drug-likeness (QED) is 0.331.